The topological polar surface area (TPSA) is 295 Å². The van der Waals surface area contributed by atoms with Crippen LogP contribution in [0.4, 0.5) is 10.5 Å². The largest absolute Gasteiger partial charge is 0.495 e. The fourth-order valence-electron chi connectivity index (χ4n) is 9.43. The van der Waals surface area contributed by atoms with Gasteiger partial charge in [-0.05, 0) is 51.8 Å². The molecule has 1 aromatic rings. The van der Waals surface area contributed by atoms with Crippen LogP contribution in [0.2, 0.25) is 5.02 Å². The molecular weight excluding hydrogens is 1030 g/mol. The van der Waals surface area contributed by atoms with Gasteiger partial charge in [0.15, 0.2) is 5.72 Å². The monoisotopic (exact) mass is 1100 g/mol. The van der Waals surface area contributed by atoms with E-state index in [4.69, 9.17) is 40.1 Å². The van der Waals surface area contributed by atoms with E-state index < -0.39 is 129 Å². The number of amides is 6. The van der Waals surface area contributed by atoms with Crippen molar-refractivity contribution in [1.29, 1.82) is 0 Å². The van der Waals surface area contributed by atoms with Crippen LogP contribution in [-0.4, -0.2) is 179 Å². The van der Waals surface area contributed by atoms with Crippen LogP contribution in [0, 0.1) is 5.92 Å². The van der Waals surface area contributed by atoms with Crippen molar-refractivity contribution in [3.63, 3.8) is 0 Å². The first-order chi connectivity index (χ1) is 34.6. The molecule has 4 saturated heterocycles. The Labute approximate surface area is 438 Å². The van der Waals surface area contributed by atoms with Gasteiger partial charge < -0.3 is 43.4 Å². The average Bonchev–Trinajstić information content (AvgIpc) is 3.84. The lowest BCUT2D eigenvalue weighted by Crippen LogP contribution is -2.63. The Morgan fingerprint density at radius 2 is 1.76 bits per heavy atom. The number of carbonyl (C=O) groups excluding carboxylic acids is 8. The van der Waals surface area contributed by atoms with Crippen LogP contribution in [0.3, 0.4) is 0 Å². The third kappa shape index (κ3) is 13.0. The Balaban J connectivity index is 1.14. The summed E-state index contributed by atoms with van der Waals surface area (Å²) in [6.07, 6.45) is -0.642. The highest BCUT2D eigenvalue weighted by atomic mass is 35.5. The maximum absolute atomic E-state index is 14.2. The number of ether oxygens (including phenoxy) is 5. The highest BCUT2D eigenvalue weighted by Crippen LogP contribution is 2.50. The minimum Gasteiger partial charge on any atom is -0.495 e. The number of likely N-dealkylation sites (N-methyl/N-ethyl adjacent to an activating group) is 1. The van der Waals surface area contributed by atoms with Gasteiger partial charge in [0.2, 0.25) is 17.7 Å². The van der Waals surface area contributed by atoms with Gasteiger partial charge in [0.1, 0.15) is 46.0 Å². The smallest absolute Gasteiger partial charge is 0.409 e. The maximum atomic E-state index is 14.2. The molecular formula is C48H64ClN5O18S2. The molecule has 0 radical (unpaired) electrons. The number of likely N-dealkylation sites (tertiary alicyclic amines) is 1. The molecule has 3 unspecified atom stereocenters. The maximum Gasteiger partial charge on any atom is 0.409 e. The van der Waals surface area contributed by atoms with Crippen LogP contribution in [0.5, 0.6) is 5.75 Å². The van der Waals surface area contributed by atoms with E-state index in [2.05, 4.69) is 5.32 Å². The number of aliphatic hydroxyl groups is 1. The van der Waals surface area contributed by atoms with Crippen LogP contribution in [0.1, 0.15) is 85.1 Å². The lowest BCUT2D eigenvalue weighted by Gasteiger charge is -2.42. The van der Waals surface area contributed by atoms with E-state index in [1.54, 1.807) is 26.0 Å². The van der Waals surface area contributed by atoms with Gasteiger partial charge in [-0.2, -0.15) is 8.42 Å². The molecule has 5 aliphatic rings. The van der Waals surface area contributed by atoms with Crippen molar-refractivity contribution in [2.75, 3.05) is 45.5 Å². The van der Waals surface area contributed by atoms with Gasteiger partial charge in [0, 0.05) is 84.0 Å². The Morgan fingerprint density at radius 3 is 2.39 bits per heavy atom. The zero-order valence-electron chi connectivity index (χ0n) is 42.6. The highest BCUT2D eigenvalue weighted by Gasteiger charge is 2.64. The van der Waals surface area contributed by atoms with Gasteiger partial charge in [0.05, 0.1) is 30.6 Å². The van der Waals surface area contributed by atoms with E-state index in [0.717, 1.165) is 22.9 Å². The van der Waals surface area contributed by atoms with Gasteiger partial charge in [-0.1, -0.05) is 42.3 Å². The number of hydrogen-bond acceptors (Lipinski definition) is 19. The molecule has 0 saturated carbocycles. The summed E-state index contributed by atoms with van der Waals surface area (Å²) in [4.78, 5) is 112. The first-order valence-corrected chi connectivity index (χ1v) is 26.8. The summed E-state index contributed by atoms with van der Waals surface area (Å²) in [6, 6.07) is 2.25. The number of alkyl carbamates (subject to hydrolysis) is 1. The van der Waals surface area contributed by atoms with E-state index in [0.29, 0.717) is 27.8 Å². The van der Waals surface area contributed by atoms with E-state index >= 15 is 0 Å². The number of hydroxylamine groups is 2. The molecule has 3 N–H and O–H groups in total. The summed E-state index contributed by atoms with van der Waals surface area (Å²) in [5, 5.41) is 11.8. The first-order valence-electron chi connectivity index (χ1n) is 23.9. The standard InChI is InChI=1S/C48H64ClN5O18S2/c1-25-11-10-12-35(68-9)48(63)23-33(69-46(62)50-48)27(3)43-47(5,71-43)36(18-26(2)51(6)31-19-29(17-25)20-32(67-8)42(31)49)70-45(61)28(4)52(7)37(55)15-16-73-34-22-40(58)53(44(34)60)24-30(74(64,65)66)21-41(59)72-54-38(56)13-14-39(54)57/h10-12,19-20,26-28,30,33-36,43,63H,13-18,21-24H2,1-9H3,(H,50,62)(H,64,65,66)/b12-10+,25-11+/t26?,27-,28-,30?,33+,34?,35-,36+,43+,47+,48+/m1/s1. The third-order valence-electron chi connectivity index (χ3n) is 14.3. The quantitative estimate of drug-likeness (QED) is 0.0985. The van der Waals surface area contributed by atoms with E-state index in [-0.39, 0.29) is 55.4 Å². The Kier molecular flexibility index (Phi) is 18.2. The molecule has 0 aliphatic carbocycles. The molecule has 5 heterocycles. The van der Waals surface area contributed by atoms with E-state index in [1.807, 2.05) is 44.0 Å². The molecule has 26 heteroatoms. The number of esters is 1. The van der Waals surface area contributed by atoms with Gasteiger partial charge >= 0.3 is 18.0 Å². The molecule has 6 amide bonds. The van der Waals surface area contributed by atoms with Crippen LogP contribution in [0.25, 0.3) is 0 Å². The molecule has 1 aromatic carbocycles. The molecule has 23 nitrogen and oxygen atoms in total. The number of anilines is 1. The molecule has 4 bridgehead atoms. The lowest BCUT2D eigenvalue weighted by atomic mass is 9.83. The number of hydrogen-bond donors (Lipinski definition) is 3. The van der Waals surface area contributed by atoms with Crippen molar-refractivity contribution in [2.45, 2.75) is 144 Å². The number of imide groups is 2. The zero-order valence-corrected chi connectivity index (χ0v) is 45.0. The summed E-state index contributed by atoms with van der Waals surface area (Å²) in [6.45, 7) is 7.98. The zero-order chi connectivity index (χ0) is 54.8. The summed E-state index contributed by atoms with van der Waals surface area (Å²) >= 11 is 7.87. The number of nitrogens with zero attached hydrogens (tertiary/aromatic N) is 4. The second-order valence-corrected chi connectivity index (χ2v) is 22.9. The van der Waals surface area contributed by atoms with Crippen molar-refractivity contribution in [2.24, 2.45) is 5.92 Å². The normalized spacial score (nSPS) is 30.6. The molecule has 4 fully saturated rings. The van der Waals surface area contributed by atoms with E-state index in [1.165, 1.54) is 33.1 Å². The number of nitrogens with one attached hydrogen (secondary N) is 1. The number of allylic oxidation sites excluding steroid dienone is 3. The Morgan fingerprint density at radius 1 is 1.08 bits per heavy atom. The van der Waals surface area contributed by atoms with Crippen molar-refractivity contribution in [3.8, 4) is 5.75 Å². The SMILES string of the molecule is COc1cc2cc(c1Cl)N(C)C(C)C[C@H](OC(=O)[C@@H](C)N(C)C(=O)CCSC1CC(=O)N(CC(CC(=O)ON3C(=O)CCC3=O)S(=O)(=O)O)C1=O)[C@]1(C)O[C@H]1[C@H](C)[C@@H]1C[C@@](O)(NC(=O)O1)[C@H](OC)/C=C/C=C(\C)C2. The van der Waals surface area contributed by atoms with Gasteiger partial charge in [-0.3, -0.25) is 38.7 Å². The number of carbonyl (C=O) groups is 8. The second kappa shape index (κ2) is 23.3. The molecule has 0 spiro atoms. The predicted octanol–water partition coefficient (Wildman–Crippen LogP) is 2.88. The number of epoxide rings is 1. The Hall–Kier alpha value is -5.31. The van der Waals surface area contributed by atoms with Crippen LogP contribution in [-0.2, 0) is 73.9 Å². The molecule has 408 valence electrons. The number of fused-ring (bicyclic) bond motifs is 5. The van der Waals surface area contributed by atoms with Crippen molar-refractivity contribution >= 4 is 86.7 Å². The molecule has 0 aromatic heterocycles. The van der Waals surface area contributed by atoms with Crippen LogP contribution >= 0.6 is 23.4 Å². The fourth-order valence-corrected chi connectivity index (χ4v) is 11.5. The molecule has 5 aliphatic heterocycles. The Bertz CT molecular complexity index is 2570. The second-order valence-electron chi connectivity index (χ2n) is 19.5. The minimum atomic E-state index is -5.07. The lowest BCUT2D eigenvalue weighted by molar-refractivity contribution is -0.197. The summed E-state index contributed by atoms with van der Waals surface area (Å²) < 4.78 is 64.1. The average molecular weight is 1100 g/mol. The van der Waals surface area contributed by atoms with Crippen LogP contribution in [0.15, 0.2) is 35.9 Å². The first kappa shape index (κ1) is 58.0. The number of methoxy groups -OCH3 is 2. The minimum absolute atomic E-state index is 0.0193. The molecule has 74 heavy (non-hydrogen) atoms. The molecule has 11 atom stereocenters. The summed E-state index contributed by atoms with van der Waals surface area (Å²) in [5.74, 6) is -6.10. The number of halogens is 1. The van der Waals surface area contributed by atoms with Gasteiger partial charge in [-0.25, -0.2) is 14.4 Å². The predicted molar refractivity (Wildman–Crippen MR) is 265 cm³/mol. The summed E-state index contributed by atoms with van der Waals surface area (Å²) in [7, 11) is 1.11. The van der Waals surface area contributed by atoms with Crippen LogP contribution < -0.4 is 15.0 Å². The number of benzene rings is 1. The van der Waals surface area contributed by atoms with Crippen molar-refractivity contribution in [3.05, 3.63) is 46.5 Å². The fraction of sp³-hybridized carbons (Fsp3) is 0.625. The summed E-state index contributed by atoms with van der Waals surface area (Å²) in [5.41, 5.74) is -0.570. The number of thioether (sulfide) groups is 1. The van der Waals surface area contributed by atoms with Gasteiger partial charge in [-0.15, -0.1) is 16.8 Å². The number of rotatable bonds is 15. The van der Waals surface area contributed by atoms with Gasteiger partial charge in [0.25, 0.3) is 21.9 Å². The van der Waals surface area contributed by atoms with Crippen molar-refractivity contribution < 1.29 is 85.0 Å². The molecule has 6 rings (SSSR count). The van der Waals surface area contributed by atoms with E-state index in [9.17, 15) is 56.4 Å². The van der Waals surface area contributed by atoms with Crippen molar-refractivity contribution in [1.82, 2.24) is 20.2 Å². The third-order valence-corrected chi connectivity index (χ3v) is 17.0. The highest BCUT2D eigenvalue weighted by molar-refractivity contribution is 8.00.